The van der Waals surface area contributed by atoms with Crippen LogP contribution in [0.4, 0.5) is 0 Å². The zero-order valence-corrected chi connectivity index (χ0v) is 8.54. The topological polar surface area (TPSA) is 41.1 Å². The van der Waals surface area contributed by atoms with Crippen molar-refractivity contribution in [2.24, 2.45) is 0 Å². The van der Waals surface area contributed by atoms with Crippen molar-refractivity contribution in [2.45, 2.75) is 6.92 Å². The third kappa shape index (κ3) is 1.31. The van der Waals surface area contributed by atoms with Crippen molar-refractivity contribution in [1.29, 1.82) is 5.26 Å². The highest BCUT2D eigenvalue weighted by Crippen LogP contribution is 2.17. The molecule has 0 aromatic carbocycles. The molecule has 0 aliphatic rings. The van der Waals surface area contributed by atoms with Crippen molar-refractivity contribution in [3.05, 3.63) is 34.2 Å². The molecule has 0 N–H and O–H groups in total. The molecular formula is C9H6BrN3. The zero-order valence-electron chi connectivity index (χ0n) is 6.95. The Morgan fingerprint density at radius 3 is 3.00 bits per heavy atom. The number of nitrogens with zero attached hydrogens (tertiary/aromatic N) is 3. The van der Waals surface area contributed by atoms with E-state index in [9.17, 15) is 0 Å². The van der Waals surface area contributed by atoms with E-state index in [1.807, 2.05) is 23.7 Å². The normalized spacial score (nSPS) is 10.2. The number of rotatable bonds is 0. The minimum Gasteiger partial charge on any atom is -0.306 e. The molecular weight excluding hydrogens is 230 g/mol. The van der Waals surface area contributed by atoms with Crippen molar-refractivity contribution in [1.82, 2.24) is 9.38 Å². The second kappa shape index (κ2) is 2.86. The minimum absolute atomic E-state index is 0.609. The van der Waals surface area contributed by atoms with Gasteiger partial charge in [-0.05, 0) is 22.9 Å². The van der Waals surface area contributed by atoms with Crippen molar-refractivity contribution >= 4 is 21.6 Å². The molecule has 13 heavy (non-hydrogen) atoms. The van der Waals surface area contributed by atoms with Crippen LogP contribution >= 0.6 is 15.9 Å². The standard InChI is InChI=1S/C9H6BrN3/c1-6-4-13-5-8(10)7(3-11)2-9(13)12-6/h2,4-5H,1H3. The molecule has 0 bridgehead atoms. The lowest BCUT2D eigenvalue weighted by molar-refractivity contribution is 1.17. The highest BCUT2D eigenvalue weighted by molar-refractivity contribution is 9.10. The largest absolute Gasteiger partial charge is 0.306 e. The average molecular weight is 236 g/mol. The summed E-state index contributed by atoms with van der Waals surface area (Å²) in [7, 11) is 0. The van der Waals surface area contributed by atoms with Gasteiger partial charge in [0.1, 0.15) is 11.7 Å². The summed E-state index contributed by atoms with van der Waals surface area (Å²) in [5.74, 6) is 0. The van der Waals surface area contributed by atoms with Crippen molar-refractivity contribution in [3.63, 3.8) is 0 Å². The zero-order chi connectivity index (χ0) is 9.42. The Kier molecular flexibility index (Phi) is 1.82. The predicted molar refractivity (Wildman–Crippen MR) is 52.3 cm³/mol. The monoisotopic (exact) mass is 235 g/mol. The molecule has 2 aromatic heterocycles. The molecule has 0 fully saturated rings. The third-order valence-corrected chi connectivity index (χ3v) is 2.42. The predicted octanol–water partition coefficient (Wildman–Crippen LogP) is 2.28. The van der Waals surface area contributed by atoms with Gasteiger partial charge in [0.05, 0.1) is 15.7 Å². The first-order valence-corrected chi connectivity index (χ1v) is 4.55. The molecule has 0 aliphatic carbocycles. The highest BCUT2D eigenvalue weighted by Gasteiger charge is 2.03. The number of aryl methyl sites for hydroxylation is 1. The molecule has 64 valence electrons. The summed E-state index contributed by atoms with van der Waals surface area (Å²) in [6.07, 6.45) is 3.76. The van der Waals surface area contributed by atoms with Gasteiger partial charge >= 0.3 is 0 Å². The van der Waals surface area contributed by atoms with Gasteiger partial charge in [0, 0.05) is 18.5 Å². The lowest BCUT2D eigenvalue weighted by Crippen LogP contribution is -1.86. The minimum atomic E-state index is 0.609. The molecule has 2 heterocycles. The summed E-state index contributed by atoms with van der Waals surface area (Å²) in [6, 6.07) is 3.86. The van der Waals surface area contributed by atoms with Gasteiger partial charge in [-0.1, -0.05) is 0 Å². The Hall–Kier alpha value is -1.34. The number of hydrogen-bond donors (Lipinski definition) is 0. The van der Waals surface area contributed by atoms with Gasteiger partial charge in [-0.15, -0.1) is 0 Å². The summed E-state index contributed by atoms with van der Waals surface area (Å²) < 4.78 is 2.68. The number of nitriles is 1. The fraction of sp³-hybridized carbons (Fsp3) is 0.111. The van der Waals surface area contributed by atoms with Crippen LogP contribution in [0.25, 0.3) is 5.65 Å². The van der Waals surface area contributed by atoms with E-state index < -0.39 is 0 Å². The summed E-state index contributed by atoms with van der Waals surface area (Å²) in [4.78, 5) is 4.25. The van der Waals surface area contributed by atoms with Gasteiger partial charge in [0.2, 0.25) is 0 Å². The molecule has 0 amide bonds. The first kappa shape index (κ1) is 8.27. The quantitative estimate of drug-likeness (QED) is 0.704. The van der Waals surface area contributed by atoms with E-state index in [1.165, 1.54) is 0 Å². The van der Waals surface area contributed by atoms with Gasteiger partial charge in [-0.25, -0.2) is 4.98 Å². The second-order valence-corrected chi connectivity index (χ2v) is 3.65. The van der Waals surface area contributed by atoms with E-state index in [2.05, 4.69) is 27.0 Å². The van der Waals surface area contributed by atoms with E-state index in [-0.39, 0.29) is 0 Å². The fourth-order valence-electron chi connectivity index (χ4n) is 1.22. The van der Waals surface area contributed by atoms with Gasteiger partial charge < -0.3 is 4.40 Å². The average Bonchev–Trinajstić information content (AvgIpc) is 2.42. The van der Waals surface area contributed by atoms with Gasteiger partial charge in [0.25, 0.3) is 0 Å². The molecule has 0 unspecified atom stereocenters. The Morgan fingerprint density at radius 1 is 1.54 bits per heavy atom. The first-order chi connectivity index (χ1) is 6.20. The molecule has 0 spiro atoms. The molecule has 2 rings (SSSR count). The molecule has 0 radical (unpaired) electrons. The molecule has 2 aromatic rings. The Bertz CT molecular complexity index is 507. The van der Waals surface area contributed by atoms with E-state index >= 15 is 0 Å². The van der Waals surface area contributed by atoms with Gasteiger partial charge in [-0.3, -0.25) is 0 Å². The summed E-state index contributed by atoms with van der Waals surface area (Å²) in [6.45, 7) is 1.92. The maximum Gasteiger partial charge on any atom is 0.138 e. The fourth-order valence-corrected chi connectivity index (χ4v) is 1.64. The van der Waals surface area contributed by atoms with Crippen LogP contribution in [0.1, 0.15) is 11.3 Å². The SMILES string of the molecule is Cc1cn2cc(Br)c(C#N)cc2n1. The molecule has 0 saturated carbocycles. The van der Waals surface area contributed by atoms with E-state index in [4.69, 9.17) is 5.26 Å². The molecule has 3 nitrogen and oxygen atoms in total. The smallest absolute Gasteiger partial charge is 0.138 e. The number of aromatic nitrogens is 2. The number of hydrogen-bond acceptors (Lipinski definition) is 2. The second-order valence-electron chi connectivity index (χ2n) is 2.79. The van der Waals surface area contributed by atoms with Crippen LogP contribution < -0.4 is 0 Å². The van der Waals surface area contributed by atoms with Crippen LogP contribution in [0.2, 0.25) is 0 Å². The lowest BCUT2D eigenvalue weighted by atomic mass is 10.3. The number of fused-ring (bicyclic) bond motifs is 1. The Labute approximate surface area is 83.8 Å². The van der Waals surface area contributed by atoms with Crippen molar-refractivity contribution < 1.29 is 0 Å². The summed E-state index contributed by atoms with van der Waals surface area (Å²) >= 11 is 3.32. The Morgan fingerprint density at radius 2 is 2.31 bits per heavy atom. The molecule has 0 saturated heterocycles. The molecule has 0 aliphatic heterocycles. The van der Waals surface area contributed by atoms with E-state index in [1.54, 1.807) is 6.07 Å². The number of pyridine rings is 1. The third-order valence-electron chi connectivity index (χ3n) is 1.78. The maximum atomic E-state index is 8.77. The van der Waals surface area contributed by atoms with Crippen LogP contribution in [-0.4, -0.2) is 9.38 Å². The Balaban J connectivity index is 2.82. The summed E-state index contributed by atoms with van der Waals surface area (Å²) in [5, 5.41) is 8.77. The molecule has 4 heteroatoms. The van der Waals surface area contributed by atoms with Crippen LogP contribution in [-0.2, 0) is 0 Å². The first-order valence-electron chi connectivity index (χ1n) is 3.75. The van der Waals surface area contributed by atoms with Gasteiger partial charge in [0.15, 0.2) is 0 Å². The van der Waals surface area contributed by atoms with E-state index in [0.29, 0.717) is 5.56 Å². The van der Waals surface area contributed by atoms with Gasteiger partial charge in [-0.2, -0.15) is 5.26 Å². The number of imidazole rings is 1. The van der Waals surface area contributed by atoms with Crippen molar-refractivity contribution in [3.8, 4) is 6.07 Å². The van der Waals surface area contributed by atoms with Crippen molar-refractivity contribution in [2.75, 3.05) is 0 Å². The molecule has 0 atom stereocenters. The van der Waals surface area contributed by atoms with Crippen LogP contribution in [0.3, 0.4) is 0 Å². The van der Waals surface area contributed by atoms with Crippen LogP contribution in [0.5, 0.6) is 0 Å². The van der Waals surface area contributed by atoms with E-state index in [0.717, 1.165) is 15.8 Å². The highest BCUT2D eigenvalue weighted by atomic mass is 79.9. The van der Waals surface area contributed by atoms with Crippen LogP contribution in [0, 0.1) is 18.3 Å². The van der Waals surface area contributed by atoms with Crippen LogP contribution in [0.15, 0.2) is 22.9 Å². The lowest BCUT2D eigenvalue weighted by Gasteiger charge is -1.96. The number of halogens is 1. The summed E-state index contributed by atoms with van der Waals surface area (Å²) in [5.41, 5.74) is 2.36. The maximum absolute atomic E-state index is 8.77.